The van der Waals surface area contributed by atoms with Crippen LogP contribution in [0.5, 0.6) is 5.75 Å². The molecule has 2 rings (SSSR count). The maximum absolute atomic E-state index is 6.03. The fraction of sp³-hybridized carbons (Fsp3) is 0.294. The van der Waals surface area contributed by atoms with Crippen LogP contribution in [0.25, 0.3) is 0 Å². The minimum absolute atomic E-state index is 0.230. The highest BCUT2D eigenvalue weighted by Crippen LogP contribution is 2.29. The van der Waals surface area contributed by atoms with Gasteiger partial charge in [-0.15, -0.1) is 0 Å². The molecule has 1 unspecified atom stereocenters. The normalized spacial score (nSPS) is 12.2. The summed E-state index contributed by atoms with van der Waals surface area (Å²) in [7, 11) is 1.69. The van der Waals surface area contributed by atoms with E-state index in [2.05, 4.69) is 46.4 Å². The van der Waals surface area contributed by atoms with Crippen molar-refractivity contribution in [3.8, 4) is 5.75 Å². The van der Waals surface area contributed by atoms with Crippen molar-refractivity contribution >= 4 is 27.5 Å². The molecular weight excluding hydrogens is 350 g/mol. The smallest absolute Gasteiger partial charge is 0.119 e. The standard InChI is InChI=1S/C17H19BrClNO/c1-3-20-17(15-8-7-13(19)11-16(15)18)10-12-5-4-6-14(9-12)21-2/h4-9,11,17,20H,3,10H2,1-2H3. The number of rotatable bonds is 6. The Morgan fingerprint density at radius 1 is 1.24 bits per heavy atom. The Bertz CT molecular complexity index is 603. The van der Waals surface area contributed by atoms with Gasteiger partial charge in [-0.25, -0.2) is 0 Å². The van der Waals surface area contributed by atoms with Gasteiger partial charge in [-0.1, -0.05) is 52.7 Å². The van der Waals surface area contributed by atoms with Crippen LogP contribution in [0.15, 0.2) is 46.9 Å². The van der Waals surface area contributed by atoms with E-state index in [0.29, 0.717) is 0 Å². The lowest BCUT2D eigenvalue weighted by Gasteiger charge is -2.20. The zero-order chi connectivity index (χ0) is 15.2. The Morgan fingerprint density at radius 3 is 2.71 bits per heavy atom. The van der Waals surface area contributed by atoms with Crippen LogP contribution in [0.4, 0.5) is 0 Å². The van der Waals surface area contributed by atoms with Gasteiger partial charge in [-0.2, -0.15) is 0 Å². The Morgan fingerprint density at radius 2 is 2.05 bits per heavy atom. The fourth-order valence-electron chi connectivity index (χ4n) is 2.36. The summed E-state index contributed by atoms with van der Waals surface area (Å²) in [5.41, 5.74) is 2.45. The van der Waals surface area contributed by atoms with E-state index < -0.39 is 0 Å². The molecule has 1 N–H and O–H groups in total. The zero-order valence-electron chi connectivity index (χ0n) is 12.2. The molecule has 0 aliphatic carbocycles. The lowest BCUT2D eigenvalue weighted by Crippen LogP contribution is -2.23. The Hall–Kier alpha value is -1.03. The van der Waals surface area contributed by atoms with Crippen molar-refractivity contribution in [2.24, 2.45) is 0 Å². The van der Waals surface area contributed by atoms with Crippen molar-refractivity contribution in [3.63, 3.8) is 0 Å². The summed E-state index contributed by atoms with van der Waals surface area (Å²) in [6, 6.07) is 14.3. The van der Waals surface area contributed by atoms with Gasteiger partial charge < -0.3 is 10.1 Å². The number of halogens is 2. The van der Waals surface area contributed by atoms with Crippen LogP contribution in [-0.2, 0) is 6.42 Å². The van der Waals surface area contributed by atoms with Crippen LogP contribution in [0.3, 0.4) is 0 Å². The SMILES string of the molecule is CCNC(Cc1cccc(OC)c1)c1ccc(Cl)cc1Br. The molecule has 1 atom stereocenters. The molecule has 0 spiro atoms. The first-order valence-electron chi connectivity index (χ1n) is 6.95. The van der Waals surface area contributed by atoms with Crippen molar-refractivity contribution in [3.05, 3.63) is 63.1 Å². The Labute approximate surface area is 139 Å². The van der Waals surface area contributed by atoms with Crippen molar-refractivity contribution < 1.29 is 4.74 Å². The average Bonchev–Trinajstić information content (AvgIpc) is 2.47. The predicted octanol–water partition coefficient (Wildman–Crippen LogP) is 5.00. The minimum Gasteiger partial charge on any atom is -0.497 e. The average molecular weight is 369 g/mol. The fourth-order valence-corrected chi connectivity index (χ4v) is 3.32. The number of likely N-dealkylation sites (N-methyl/N-ethyl adjacent to an activating group) is 1. The van der Waals surface area contributed by atoms with Gasteiger partial charge in [0.15, 0.2) is 0 Å². The number of benzene rings is 2. The number of ether oxygens (including phenoxy) is 1. The molecule has 2 aromatic carbocycles. The van der Waals surface area contributed by atoms with Gasteiger partial charge in [0.25, 0.3) is 0 Å². The molecule has 0 fully saturated rings. The molecule has 0 saturated heterocycles. The number of nitrogens with one attached hydrogen (secondary N) is 1. The monoisotopic (exact) mass is 367 g/mol. The third-order valence-corrected chi connectivity index (χ3v) is 4.28. The molecule has 4 heteroatoms. The summed E-state index contributed by atoms with van der Waals surface area (Å²) in [5.74, 6) is 0.887. The first-order valence-corrected chi connectivity index (χ1v) is 8.12. The quantitative estimate of drug-likeness (QED) is 0.774. The highest BCUT2D eigenvalue weighted by Gasteiger charge is 2.15. The summed E-state index contributed by atoms with van der Waals surface area (Å²) in [6.07, 6.45) is 0.894. The molecule has 0 aromatic heterocycles. The molecule has 21 heavy (non-hydrogen) atoms. The summed E-state index contributed by atoms with van der Waals surface area (Å²) < 4.78 is 6.33. The summed E-state index contributed by atoms with van der Waals surface area (Å²) in [6.45, 7) is 3.02. The summed E-state index contributed by atoms with van der Waals surface area (Å²) in [4.78, 5) is 0. The van der Waals surface area contributed by atoms with E-state index in [4.69, 9.17) is 16.3 Å². The third-order valence-electron chi connectivity index (χ3n) is 3.36. The molecule has 112 valence electrons. The lowest BCUT2D eigenvalue weighted by molar-refractivity contribution is 0.414. The van der Waals surface area contributed by atoms with Crippen LogP contribution in [0.1, 0.15) is 24.1 Å². The predicted molar refractivity (Wildman–Crippen MR) is 92.3 cm³/mol. The molecule has 0 radical (unpaired) electrons. The summed E-state index contributed by atoms with van der Waals surface area (Å²) in [5, 5.41) is 4.27. The molecule has 2 nitrogen and oxygen atoms in total. The van der Waals surface area contributed by atoms with Crippen molar-refractivity contribution in [2.75, 3.05) is 13.7 Å². The lowest BCUT2D eigenvalue weighted by atomic mass is 9.98. The van der Waals surface area contributed by atoms with Crippen molar-refractivity contribution in [2.45, 2.75) is 19.4 Å². The first kappa shape index (κ1) is 16.3. The maximum Gasteiger partial charge on any atom is 0.119 e. The first-order chi connectivity index (χ1) is 10.1. The van der Waals surface area contributed by atoms with Gasteiger partial charge in [-0.05, 0) is 48.4 Å². The second-order valence-electron chi connectivity index (χ2n) is 4.83. The van der Waals surface area contributed by atoms with Crippen LogP contribution in [-0.4, -0.2) is 13.7 Å². The second-order valence-corrected chi connectivity index (χ2v) is 6.12. The topological polar surface area (TPSA) is 21.3 Å². The van der Waals surface area contributed by atoms with Gasteiger partial charge in [0.1, 0.15) is 5.75 Å². The van der Waals surface area contributed by atoms with E-state index in [9.17, 15) is 0 Å². The van der Waals surface area contributed by atoms with Gasteiger partial charge in [-0.3, -0.25) is 0 Å². The highest BCUT2D eigenvalue weighted by molar-refractivity contribution is 9.10. The maximum atomic E-state index is 6.03. The molecule has 0 amide bonds. The zero-order valence-corrected chi connectivity index (χ0v) is 14.5. The molecule has 0 bridgehead atoms. The highest BCUT2D eigenvalue weighted by atomic mass is 79.9. The van der Waals surface area contributed by atoms with Crippen LogP contribution >= 0.6 is 27.5 Å². The Balaban J connectivity index is 2.26. The molecular formula is C17H19BrClNO. The van der Waals surface area contributed by atoms with Gasteiger partial charge in [0.05, 0.1) is 7.11 Å². The molecule has 0 aliphatic rings. The van der Waals surface area contributed by atoms with E-state index in [1.54, 1.807) is 7.11 Å². The van der Waals surface area contributed by atoms with E-state index in [-0.39, 0.29) is 6.04 Å². The Kier molecular flexibility index (Phi) is 6.09. The van der Waals surface area contributed by atoms with E-state index in [0.717, 1.165) is 28.2 Å². The number of methoxy groups -OCH3 is 1. The van der Waals surface area contributed by atoms with Crippen molar-refractivity contribution in [1.29, 1.82) is 0 Å². The number of hydrogen-bond donors (Lipinski definition) is 1. The van der Waals surface area contributed by atoms with E-state index >= 15 is 0 Å². The van der Waals surface area contributed by atoms with E-state index in [1.807, 2.05) is 24.3 Å². The van der Waals surface area contributed by atoms with Gasteiger partial charge >= 0.3 is 0 Å². The van der Waals surface area contributed by atoms with E-state index in [1.165, 1.54) is 11.1 Å². The minimum atomic E-state index is 0.230. The van der Waals surface area contributed by atoms with Crippen LogP contribution in [0, 0.1) is 0 Å². The second kappa shape index (κ2) is 7.83. The van der Waals surface area contributed by atoms with Gasteiger partial charge in [0, 0.05) is 15.5 Å². The molecule has 2 aromatic rings. The molecule has 0 heterocycles. The molecule has 0 saturated carbocycles. The largest absolute Gasteiger partial charge is 0.497 e. The van der Waals surface area contributed by atoms with Gasteiger partial charge in [0.2, 0.25) is 0 Å². The molecule has 0 aliphatic heterocycles. The number of hydrogen-bond acceptors (Lipinski definition) is 2. The van der Waals surface area contributed by atoms with Crippen molar-refractivity contribution in [1.82, 2.24) is 5.32 Å². The third kappa shape index (κ3) is 4.47. The van der Waals surface area contributed by atoms with Crippen LogP contribution in [0.2, 0.25) is 5.02 Å². The van der Waals surface area contributed by atoms with Crippen LogP contribution < -0.4 is 10.1 Å². The summed E-state index contributed by atoms with van der Waals surface area (Å²) >= 11 is 9.64.